The van der Waals surface area contributed by atoms with Crippen LogP contribution < -0.4 is 5.32 Å². The van der Waals surface area contributed by atoms with E-state index in [0.717, 1.165) is 31.2 Å². The Morgan fingerprint density at radius 2 is 1.78 bits per heavy atom. The Bertz CT molecular complexity index is 245. The fourth-order valence-corrected chi connectivity index (χ4v) is 3.76. The van der Waals surface area contributed by atoms with Gasteiger partial charge in [-0.25, -0.2) is 0 Å². The molecule has 0 spiro atoms. The predicted octanol–water partition coefficient (Wildman–Crippen LogP) is 3.49. The minimum atomic E-state index is -0.414. The van der Waals surface area contributed by atoms with Gasteiger partial charge < -0.3 is 10.4 Å². The Morgan fingerprint density at radius 1 is 1.11 bits per heavy atom. The van der Waals surface area contributed by atoms with Crippen molar-refractivity contribution in [3.8, 4) is 0 Å². The van der Waals surface area contributed by atoms with Crippen molar-refractivity contribution >= 4 is 0 Å². The average molecular weight is 253 g/mol. The van der Waals surface area contributed by atoms with Crippen molar-refractivity contribution in [2.45, 2.75) is 83.3 Å². The van der Waals surface area contributed by atoms with Gasteiger partial charge in [0.25, 0.3) is 0 Å². The molecule has 0 aliphatic heterocycles. The van der Waals surface area contributed by atoms with Crippen LogP contribution in [0, 0.1) is 11.8 Å². The molecule has 2 unspecified atom stereocenters. The van der Waals surface area contributed by atoms with Crippen molar-refractivity contribution in [3.63, 3.8) is 0 Å². The Balaban J connectivity index is 1.79. The van der Waals surface area contributed by atoms with Gasteiger partial charge >= 0.3 is 0 Å². The highest BCUT2D eigenvalue weighted by Gasteiger charge is 2.33. The van der Waals surface area contributed by atoms with Crippen LogP contribution in [0.2, 0.25) is 0 Å². The Labute approximate surface area is 113 Å². The Hall–Kier alpha value is -0.0800. The molecular weight excluding hydrogens is 222 g/mol. The molecule has 2 aliphatic rings. The van der Waals surface area contributed by atoms with Crippen molar-refractivity contribution in [2.24, 2.45) is 11.8 Å². The molecule has 18 heavy (non-hydrogen) atoms. The SMILES string of the molecule is CCC1CCCCC1NCC1(O)CCC(C)CC1. The summed E-state index contributed by atoms with van der Waals surface area (Å²) in [7, 11) is 0. The number of aliphatic hydroxyl groups is 1. The highest BCUT2D eigenvalue weighted by molar-refractivity contribution is 4.89. The van der Waals surface area contributed by atoms with Crippen LogP contribution in [0.5, 0.6) is 0 Å². The average Bonchev–Trinajstić information content (AvgIpc) is 2.41. The molecule has 2 saturated carbocycles. The quantitative estimate of drug-likeness (QED) is 0.804. The van der Waals surface area contributed by atoms with Crippen LogP contribution in [-0.4, -0.2) is 23.3 Å². The van der Waals surface area contributed by atoms with Crippen LogP contribution in [0.1, 0.15) is 71.6 Å². The number of nitrogens with one attached hydrogen (secondary N) is 1. The predicted molar refractivity (Wildman–Crippen MR) is 76.6 cm³/mol. The summed E-state index contributed by atoms with van der Waals surface area (Å²) in [6, 6.07) is 0.659. The fraction of sp³-hybridized carbons (Fsp3) is 1.00. The maximum atomic E-state index is 10.6. The second-order valence-corrected chi connectivity index (χ2v) is 6.85. The van der Waals surface area contributed by atoms with E-state index in [1.807, 2.05) is 0 Å². The normalized spacial score (nSPS) is 41.8. The zero-order chi connectivity index (χ0) is 13.0. The lowest BCUT2D eigenvalue weighted by Crippen LogP contribution is -2.49. The maximum absolute atomic E-state index is 10.6. The van der Waals surface area contributed by atoms with Crippen LogP contribution in [0.4, 0.5) is 0 Å². The van der Waals surface area contributed by atoms with Gasteiger partial charge in [0.1, 0.15) is 0 Å². The molecule has 0 bridgehead atoms. The van der Waals surface area contributed by atoms with Gasteiger partial charge in [-0.1, -0.05) is 33.1 Å². The van der Waals surface area contributed by atoms with Crippen molar-refractivity contribution in [1.82, 2.24) is 5.32 Å². The lowest BCUT2D eigenvalue weighted by molar-refractivity contribution is -0.0108. The summed E-state index contributed by atoms with van der Waals surface area (Å²) < 4.78 is 0. The van der Waals surface area contributed by atoms with Gasteiger partial charge in [0.2, 0.25) is 0 Å². The molecule has 0 aromatic carbocycles. The van der Waals surface area contributed by atoms with Crippen LogP contribution in [-0.2, 0) is 0 Å². The highest BCUT2D eigenvalue weighted by atomic mass is 16.3. The minimum Gasteiger partial charge on any atom is -0.389 e. The van der Waals surface area contributed by atoms with Gasteiger partial charge in [-0.05, 0) is 50.4 Å². The first-order valence-corrected chi connectivity index (χ1v) is 8.09. The molecule has 2 atom stereocenters. The molecule has 0 amide bonds. The Morgan fingerprint density at radius 3 is 2.44 bits per heavy atom. The van der Waals surface area contributed by atoms with E-state index in [1.54, 1.807) is 0 Å². The second kappa shape index (κ2) is 6.38. The second-order valence-electron chi connectivity index (χ2n) is 6.85. The van der Waals surface area contributed by atoms with Gasteiger partial charge in [-0.2, -0.15) is 0 Å². The standard InChI is InChI=1S/C16H31NO/c1-3-14-6-4-5-7-15(14)17-12-16(18)10-8-13(2)9-11-16/h13-15,17-18H,3-12H2,1-2H3. The van der Waals surface area contributed by atoms with E-state index in [0.29, 0.717) is 6.04 Å². The van der Waals surface area contributed by atoms with Crippen LogP contribution in [0.15, 0.2) is 0 Å². The van der Waals surface area contributed by atoms with Crippen molar-refractivity contribution in [1.29, 1.82) is 0 Å². The third kappa shape index (κ3) is 3.71. The van der Waals surface area contributed by atoms with Crippen molar-refractivity contribution < 1.29 is 5.11 Å². The van der Waals surface area contributed by atoms with Crippen LogP contribution >= 0.6 is 0 Å². The van der Waals surface area contributed by atoms with E-state index >= 15 is 0 Å². The van der Waals surface area contributed by atoms with Crippen LogP contribution in [0.3, 0.4) is 0 Å². The lowest BCUT2D eigenvalue weighted by atomic mass is 9.78. The van der Waals surface area contributed by atoms with Crippen LogP contribution in [0.25, 0.3) is 0 Å². The van der Waals surface area contributed by atoms with E-state index in [4.69, 9.17) is 0 Å². The molecule has 0 saturated heterocycles. The van der Waals surface area contributed by atoms with E-state index < -0.39 is 5.60 Å². The first-order chi connectivity index (χ1) is 8.63. The molecule has 0 heterocycles. The molecular formula is C16H31NO. The zero-order valence-corrected chi connectivity index (χ0v) is 12.3. The van der Waals surface area contributed by atoms with Gasteiger partial charge in [-0.15, -0.1) is 0 Å². The fourth-order valence-electron chi connectivity index (χ4n) is 3.76. The number of hydrogen-bond acceptors (Lipinski definition) is 2. The molecule has 2 heteroatoms. The summed E-state index contributed by atoms with van der Waals surface area (Å²) in [5.74, 6) is 1.65. The number of rotatable bonds is 4. The molecule has 0 aromatic rings. The molecule has 0 aromatic heterocycles. The van der Waals surface area contributed by atoms with Gasteiger partial charge in [0, 0.05) is 12.6 Å². The molecule has 0 radical (unpaired) electrons. The molecule has 2 fully saturated rings. The maximum Gasteiger partial charge on any atom is 0.0771 e. The highest BCUT2D eigenvalue weighted by Crippen LogP contribution is 2.32. The summed E-state index contributed by atoms with van der Waals surface area (Å²) in [5.41, 5.74) is -0.414. The first kappa shape index (κ1) is 14.3. The molecule has 2 rings (SSSR count). The van der Waals surface area contributed by atoms with Gasteiger partial charge in [0.15, 0.2) is 0 Å². The number of hydrogen-bond donors (Lipinski definition) is 2. The van der Waals surface area contributed by atoms with E-state index in [-0.39, 0.29) is 0 Å². The van der Waals surface area contributed by atoms with Gasteiger partial charge in [0.05, 0.1) is 5.60 Å². The van der Waals surface area contributed by atoms with Crippen molar-refractivity contribution in [2.75, 3.05) is 6.54 Å². The largest absolute Gasteiger partial charge is 0.389 e. The Kier molecular flexibility index (Phi) is 5.08. The van der Waals surface area contributed by atoms with Crippen molar-refractivity contribution in [3.05, 3.63) is 0 Å². The van der Waals surface area contributed by atoms with E-state index in [2.05, 4.69) is 19.2 Å². The minimum absolute atomic E-state index is 0.414. The third-order valence-corrected chi connectivity index (χ3v) is 5.33. The summed E-state index contributed by atoms with van der Waals surface area (Å²) >= 11 is 0. The smallest absolute Gasteiger partial charge is 0.0771 e. The summed E-state index contributed by atoms with van der Waals surface area (Å²) in [6.45, 7) is 5.43. The molecule has 2 nitrogen and oxygen atoms in total. The third-order valence-electron chi connectivity index (χ3n) is 5.33. The first-order valence-electron chi connectivity index (χ1n) is 8.09. The molecule has 106 valence electrons. The van der Waals surface area contributed by atoms with Gasteiger partial charge in [-0.3, -0.25) is 0 Å². The van der Waals surface area contributed by atoms with E-state index in [1.165, 1.54) is 44.9 Å². The lowest BCUT2D eigenvalue weighted by Gasteiger charge is -2.38. The van der Waals surface area contributed by atoms with E-state index in [9.17, 15) is 5.11 Å². The molecule has 2 N–H and O–H groups in total. The topological polar surface area (TPSA) is 32.3 Å². The summed E-state index contributed by atoms with van der Waals surface area (Å²) in [6.07, 6.45) is 11.1. The summed E-state index contributed by atoms with van der Waals surface area (Å²) in [5, 5.41) is 14.3. The monoisotopic (exact) mass is 253 g/mol. The zero-order valence-electron chi connectivity index (χ0n) is 12.3. The summed E-state index contributed by atoms with van der Waals surface area (Å²) in [4.78, 5) is 0. The molecule has 2 aliphatic carbocycles.